The fourth-order valence-corrected chi connectivity index (χ4v) is 9.81. The van der Waals surface area contributed by atoms with Gasteiger partial charge in [-0.25, -0.2) is 16.8 Å². The first-order chi connectivity index (χ1) is 21.9. The van der Waals surface area contributed by atoms with Crippen molar-refractivity contribution in [1.29, 1.82) is 0 Å². The van der Waals surface area contributed by atoms with Crippen LogP contribution in [-0.2, 0) is 20.0 Å². The molecule has 0 unspecified atom stereocenters. The molecule has 0 bridgehead atoms. The SMILES string of the molecule is [2H]C1=C([C@@]2([2H])CC[C@@H](CCCCCCC)N2S(=O)(=O)c2ccc(C)cc2)C[C@@H](CCCCCCC)N1S(=O)(=O)c1ccc(C)cc1. The Morgan fingerprint density at radius 1 is 0.682 bits per heavy atom. The Labute approximate surface area is 270 Å². The van der Waals surface area contributed by atoms with Crippen molar-refractivity contribution >= 4 is 20.0 Å². The quantitative estimate of drug-likeness (QED) is 0.161. The monoisotopic (exact) mass is 644 g/mol. The zero-order chi connectivity index (χ0) is 33.5. The lowest BCUT2D eigenvalue weighted by molar-refractivity contribution is 0.319. The van der Waals surface area contributed by atoms with Crippen LogP contribution in [0.2, 0.25) is 0 Å². The third-order valence-corrected chi connectivity index (χ3v) is 12.8. The highest BCUT2D eigenvalue weighted by molar-refractivity contribution is 7.89. The van der Waals surface area contributed by atoms with Crippen LogP contribution in [0.25, 0.3) is 0 Å². The molecule has 2 aromatic carbocycles. The molecule has 0 saturated carbocycles. The average molecular weight is 645 g/mol. The number of aryl methyl sites for hydroxylation is 2. The standard InChI is InChI=1S/C36H54N2O4S2/c1-5-7-9-11-13-15-32-21-26-36(38(32)44(41,42)35-24-19-30(4)20-25-35)31-27-33(16-14-12-10-8-6-2)37(28-31)43(39,40)34-22-17-29(3)18-23-34/h17-20,22-25,28,32-33,36H,5-16,21,26-27H2,1-4H3/t32-,33-,36-/m1/s1/i28D,36D. The van der Waals surface area contributed by atoms with E-state index in [9.17, 15) is 19.6 Å². The smallest absolute Gasteiger partial charge is 0.264 e. The summed E-state index contributed by atoms with van der Waals surface area (Å²) < 4.78 is 79.1. The van der Waals surface area contributed by atoms with E-state index >= 15 is 0 Å². The molecule has 8 heteroatoms. The van der Waals surface area contributed by atoms with Crippen LogP contribution in [0, 0.1) is 13.8 Å². The van der Waals surface area contributed by atoms with Crippen molar-refractivity contribution in [3.05, 3.63) is 71.4 Å². The van der Waals surface area contributed by atoms with E-state index < -0.39 is 32.1 Å². The Bertz CT molecular complexity index is 1540. The Kier molecular flexibility index (Phi) is 11.5. The Balaban J connectivity index is 1.76. The van der Waals surface area contributed by atoms with E-state index in [2.05, 4.69) is 13.8 Å². The van der Waals surface area contributed by atoms with Gasteiger partial charge in [-0.15, -0.1) is 0 Å². The topological polar surface area (TPSA) is 74.8 Å². The summed E-state index contributed by atoms with van der Waals surface area (Å²) in [5, 5.41) is 0. The van der Waals surface area contributed by atoms with Gasteiger partial charge in [-0.3, -0.25) is 4.31 Å². The van der Waals surface area contributed by atoms with Gasteiger partial charge in [-0.05, 0) is 75.8 Å². The molecule has 4 rings (SSSR count). The molecule has 3 atom stereocenters. The highest BCUT2D eigenvalue weighted by Gasteiger charge is 2.46. The van der Waals surface area contributed by atoms with Gasteiger partial charge in [0, 0.05) is 24.3 Å². The molecule has 0 aliphatic carbocycles. The summed E-state index contributed by atoms with van der Waals surface area (Å²) in [5.41, 5.74) is 2.17. The number of nitrogens with zero attached hydrogens (tertiary/aromatic N) is 2. The number of sulfonamides is 2. The molecule has 0 amide bonds. The maximum Gasteiger partial charge on any atom is 0.264 e. The van der Waals surface area contributed by atoms with Crippen molar-refractivity contribution in [2.75, 3.05) is 0 Å². The Hall–Kier alpha value is -2.16. The lowest BCUT2D eigenvalue weighted by Gasteiger charge is -2.30. The summed E-state index contributed by atoms with van der Waals surface area (Å²) in [6.45, 7) is 8.11. The molecule has 6 nitrogen and oxygen atoms in total. The number of hydrogen-bond acceptors (Lipinski definition) is 4. The molecule has 2 aliphatic heterocycles. The van der Waals surface area contributed by atoms with Crippen LogP contribution in [0.15, 0.2) is 70.1 Å². The molecule has 0 aromatic heterocycles. The molecule has 44 heavy (non-hydrogen) atoms. The number of unbranched alkanes of at least 4 members (excludes halogenated alkanes) is 8. The number of benzene rings is 2. The third-order valence-electron chi connectivity index (χ3n) is 9.11. The van der Waals surface area contributed by atoms with E-state index in [1.807, 2.05) is 13.8 Å². The summed E-state index contributed by atoms with van der Waals surface area (Å²) in [4.78, 5) is 0.244. The predicted molar refractivity (Wildman–Crippen MR) is 180 cm³/mol. The van der Waals surface area contributed by atoms with Crippen LogP contribution in [0.4, 0.5) is 0 Å². The van der Waals surface area contributed by atoms with Crippen LogP contribution in [0.1, 0.15) is 124 Å². The number of rotatable bonds is 17. The van der Waals surface area contributed by atoms with Gasteiger partial charge < -0.3 is 0 Å². The van der Waals surface area contributed by atoms with Crippen molar-refractivity contribution in [2.24, 2.45) is 0 Å². The van der Waals surface area contributed by atoms with E-state index in [-0.39, 0.29) is 34.9 Å². The van der Waals surface area contributed by atoms with Gasteiger partial charge in [0.25, 0.3) is 10.0 Å². The van der Waals surface area contributed by atoms with Crippen molar-refractivity contribution in [2.45, 2.75) is 152 Å². The molecule has 1 fully saturated rings. The van der Waals surface area contributed by atoms with Crippen molar-refractivity contribution in [3.63, 3.8) is 0 Å². The minimum Gasteiger partial charge on any atom is -0.270 e. The second-order valence-corrected chi connectivity index (χ2v) is 16.4. The number of hydrogen-bond donors (Lipinski definition) is 0. The summed E-state index contributed by atoms with van der Waals surface area (Å²) in [6.07, 6.45) is 12.2. The van der Waals surface area contributed by atoms with Crippen molar-refractivity contribution in [1.82, 2.24) is 8.61 Å². The van der Waals surface area contributed by atoms with Gasteiger partial charge in [0.1, 0.15) is 0 Å². The fourth-order valence-electron chi connectivity index (χ4n) is 6.50. The minimum absolute atomic E-state index is 0.111. The van der Waals surface area contributed by atoms with Gasteiger partial charge >= 0.3 is 0 Å². The molecule has 1 saturated heterocycles. The highest BCUT2D eigenvalue weighted by Crippen LogP contribution is 2.42. The van der Waals surface area contributed by atoms with Gasteiger partial charge in [0.2, 0.25) is 10.0 Å². The molecule has 244 valence electrons. The van der Waals surface area contributed by atoms with Crippen LogP contribution in [0.5, 0.6) is 0 Å². The molecule has 2 aromatic rings. The maximum atomic E-state index is 14.4. The Morgan fingerprint density at radius 2 is 1.16 bits per heavy atom. The largest absolute Gasteiger partial charge is 0.270 e. The summed E-state index contributed by atoms with van der Waals surface area (Å²) >= 11 is 0. The predicted octanol–water partition coefficient (Wildman–Crippen LogP) is 8.89. The molecule has 0 N–H and O–H groups in total. The van der Waals surface area contributed by atoms with Crippen molar-refractivity contribution < 1.29 is 19.6 Å². The average Bonchev–Trinajstić information content (AvgIpc) is 3.55. The molecular formula is C36H54N2O4S2. The molecule has 2 aliphatic rings. The van der Waals surface area contributed by atoms with Crippen LogP contribution >= 0.6 is 0 Å². The van der Waals surface area contributed by atoms with E-state index in [1.165, 1.54) is 8.61 Å². The molecule has 0 radical (unpaired) electrons. The van der Waals surface area contributed by atoms with Gasteiger partial charge in [-0.1, -0.05) is 113 Å². The third kappa shape index (κ3) is 8.35. The zero-order valence-corrected chi connectivity index (χ0v) is 28.9. The molecule has 0 spiro atoms. The van der Waals surface area contributed by atoms with Crippen molar-refractivity contribution in [3.8, 4) is 0 Å². The van der Waals surface area contributed by atoms with Gasteiger partial charge in [0.15, 0.2) is 0 Å². The van der Waals surface area contributed by atoms with E-state index in [0.29, 0.717) is 24.8 Å². The molecular weight excluding hydrogens is 589 g/mol. The van der Waals surface area contributed by atoms with Crippen LogP contribution in [0.3, 0.4) is 0 Å². The lowest BCUT2D eigenvalue weighted by atomic mass is 9.98. The second kappa shape index (κ2) is 15.9. The van der Waals surface area contributed by atoms with Crippen LogP contribution in [-0.4, -0.2) is 43.5 Å². The summed E-state index contributed by atoms with van der Waals surface area (Å²) in [6, 6.07) is 10.7. The van der Waals surface area contributed by atoms with E-state index in [1.54, 1.807) is 48.5 Å². The highest BCUT2D eigenvalue weighted by atomic mass is 32.2. The van der Waals surface area contributed by atoms with E-state index in [4.69, 9.17) is 0 Å². The van der Waals surface area contributed by atoms with Crippen LogP contribution < -0.4 is 0 Å². The normalized spacial score (nSPS) is 23.8. The zero-order valence-electron chi connectivity index (χ0n) is 29.2. The fraction of sp³-hybridized carbons (Fsp3) is 0.611. The second-order valence-electron chi connectivity index (χ2n) is 12.7. The summed E-state index contributed by atoms with van der Waals surface area (Å²) in [5.74, 6) is 0. The Morgan fingerprint density at radius 3 is 1.68 bits per heavy atom. The summed E-state index contributed by atoms with van der Waals surface area (Å²) in [7, 11) is -8.21. The van der Waals surface area contributed by atoms with Gasteiger partial charge in [-0.2, -0.15) is 4.31 Å². The first-order valence-corrected chi connectivity index (χ1v) is 19.7. The maximum absolute atomic E-state index is 14.4. The first-order valence-electron chi connectivity index (χ1n) is 17.8. The van der Waals surface area contributed by atoms with E-state index in [0.717, 1.165) is 75.3 Å². The van der Waals surface area contributed by atoms with Gasteiger partial charge in [0.05, 0.1) is 12.5 Å². The molecule has 2 heterocycles. The minimum atomic E-state index is -4.11. The lowest BCUT2D eigenvalue weighted by Crippen LogP contribution is -2.42. The first kappa shape index (κ1) is 31.8.